The maximum Gasteiger partial charge on any atom is 0.318 e. The number of para-hydroxylation sites is 1. The van der Waals surface area contributed by atoms with Gasteiger partial charge in [0, 0.05) is 29.2 Å². The average molecular weight is 363 g/mol. The Bertz CT molecular complexity index is 959. The molecular weight excluding hydrogens is 338 g/mol. The summed E-state index contributed by atoms with van der Waals surface area (Å²) in [5, 5.41) is 4.29. The van der Waals surface area contributed by atoms with Crippen LogP contribution in [-0.4, -0.2) is 35.6 Å². The molecule has 0 aliphatic carbocycles. The number of urea groups is 1. The van der Waals surface area contributed by atoms with Crippen molar-refractivity contribution in [1.82, 2.24) is 15.2 Å². The Morgan fingerprint density at radius 1 is 1.19 bits per heavy atom. The highest BCUT2D eigenvalue weighted by molar-refractivity contribution is 5.86. The van der Waals surface area contributed by atoms with E-state index < -0.39 is 0 Å². The summed E-state index contributed by atoms with van der Waals surface area (Å²) in [6.45, 7) is 4.65. The predicted molar refractivity (Wildman–Crippen MR) is 107 cm³/mol. The maximum atomic E-state index is 12.9. The molecule has 2 aromatic carbocycles. The van der Waals surface area contributed by atoms with Crippen molar-refractivity contribution in [2.24, 2.45) is 0 Å². The van der Waals surface area contributed by atoms with E-state index in [-0.39, 0.29) is 18.1 Å². The van der Waals surface area contributed by atoms with Crippen LogP contribution in [-0.2, 0) is 6.42 Å². The van der Waals surface area contributed by atoms with Crippen LogP contribution in [0.1, 0.15) is 36.7 Å². The normalized spacial score (nSPS) is 16.4. The number of amides is 2. The van der Waals surface area contributed by atoms with Gasteiger partial charge in [0.15, 0.2) is 0 Å². The first-order chi connectivity index (χ1) is 13.1. The molecule has 0 radical (unpaired) electrons. The zero-order valence-electron chi connectivity index (χ0n) is 16.0. The summed E-state index contributed by atoms with van der Waals surface area (Å²) >= 11 is 0. The van der Waals surface area contributed by atoms with Crippen molar-refractivity contribution in [1.29, 1.82) is 0 Å². The fourth-order valence-corrected chi connectivity index (χ4v) is 3.92. The molecule has 0 bridgehead atoms. The molecule has 2 heterocycles. The molecule has 0 saturated heterocycles. The van der Waals surface area contributed by atoms with Crippen molar-refractivity contribution in [2.45, 2.75) is 32.4 Å². The summed E-state index contributed by atoms with van der Waals surface area (Å²) in [6, 6.07) is 16.2. The zero-order chi connectivity index (χ0) is 19.0. The first-order valence-corrected chi connectivity index (χ1v) is 9.39. The molecule has 5 nitrogen and oxygen atoms in total. The lowest BCUT2D eigenvalue weighted by Gasteiger charge is -2.36. The van der Waals surface area contributed by atoms with Gasteiger partial charge in [0.05, 0.1) is 13.2 Å². The minimum absolute atomic E-state index is 0.0323. The molecule has 0 fully saturated rings. The summed E-state index contributed by atoms with van der Waals surface area (Å²) in [5.41, 5.74) is 4.60. The van der Waals surface area contributed by atoms with E-state index in [2.05, 4.69) is 28.5 Å². The third-order valence-corrected chi connectivity index (χ3v) is 5.14. The Morgan fingerprint density at radius 3 is 2.63 bits per heavy atom. The second-order valence-electron chi connectivity index (χ2n) is 7.29. The lowest BCUT2D eigenvalue weighted by molar-refractivity contribution is 0.177. The lowest BCUT2D eigenvalue weighted by Crippen LogP contribution is -2.47. The Kier molecular flexibility index (Phi) is 4.52. The van der Waals surface area contributed by atoms with Crippen LogP contribution in [0, 0.1) is 0 Å². The van der Waals surface area contributed by atoms with Crippen molar-refractivity contribution in [3.63, 3.8) is 0 Å². The summed E-state index contributed by atoms with van der Waals surface area (Å²) < 4.78 is 5.30. The van der Waals surface area contributed by atoms with Crippen LogP contribution in [0.15, 0.2) is 48.5 Å². The van der Waals surface area contributed by atoms with Crippen molar-refractivity contribution in [3.05, 3.63) is 65.4 Å². The summed E-state index contributed by atoms with van der Waals surface area (Å²) in [5.74, 6) is 0.810. The molecule has 1 aliphatic heterocycles. The van der Waals surface area contributed by atoms with Gasteiger partial charge in [-0.25, -0.2) is 4.79 Å². The number of aromatic nitrogens is 1. The van der Waals surface area contributed by atoms with Crippen molar-refractivity contribution < 1.29 is 9.53 Å². The van der Waals surface area contributed by atoms with Crippen LogP contribution in [0.4, 0.5) is 4.79 Å². The molecule has 1 aliphatic rings. The quantitative estimate of drug-likeness (QED) is 0.731. The molecule has 2 amide bonds. The summed E-state index contributed by atoms with van der Waals surface area (Å²) in [7, 11) is 1.66. The second kappa shape index (κ2) is 6.99. The topological polar surface area (TPSA) is 57.4 Å². The lowest BCUT2D eigenvalue weighted by atomic mass is 9.92. The van der Waals surface area contributed by atoms with Crippen molar-refractivity contribution in [2.75, 3.05) is 13.7 Å². The van der Waals surface area contributed by atoms with Gasteiger partial charge in [0.2, 0.25) is 0 Å². The van der Waals surface area contributed by atoms with Gasteiger partial charge in [0.1, 0.15) is 5.75 Å². The molecule has 2 N–H and O–H groups in total. The third kappa shape index (κ3) is 3.14. The monoisotopic (exact) mass is 363 g/mol. The Balaban J connectivity index is 1.83. The molecule has 1 aromatic heterocycles. The van der Waals surface area contributed by atoms with E-state index in [1.165, 1.54) is 10.9 Å². The number of nitrogens with zero attached hydrogens (tertiary/aromatic N) is 1. The molecule has 27 heavy (non-hydrogen) atoms. The molecule has 0 spiro atoms. The van der Waals surface area contributed by atoms with E-state index in [0.717, 1.165) is 28.9 Å². The van der Waals surface area contributed by atoms with Crippen LogP contribution in [0.25, 0.3) is 10.9 Å². The highest BCUT2D eigenvalue weighted by Gasteiger charge is 2.34. The third-order valence-electron chi connectivity index (χ3n) is 5.14. The number of hydrogen-bond donors (Lipinski definition) is 2. The van der Waals surface area contributed by atoms with Crippen molar-refractivity contribution in [3.8, 4) is 5.75 Å². The number of aromatic amines is 1. The van der Waals surface area contributed by atoms with Gasteiger partial charge < -0.3 is 19.9 Å². The number of ether oxygens (including phenoxy) is 1. The molecule has 140 valence electrons. The summed E-state index contributed by atoms with van der Waals surface area (Å²) in [4.78, 5) is 18.4. The standard InChI is InChI=1S/C22H25N3O2/c1-14(2)23-22(26)25-13-12-18-17-6-4-5-7-19(17)24-20(18)21(25)15-8-10-16(27-3)11-9-15/h4-11,14,21,24H,12-13H2,1-3H3,(H,23,26)/t21-/m1/s1. The minimum atomic E-state index is -0.147. The Hall–Kier alpha value is -2.95. The average Bonchev–Trinajstić information content (AvgIpc) is 3.05. The van der Waals surface area contributed by atoms with Gasteiger partial charge in [-0.05, 0) is 49.6 Å². The second-order valence-corrected chi connectivity index (χ2v) is 7.29. The van der Waals surface area contributed by atoms with E-state index in [4.69, 9.17) is 4.74 Å². The van der Waals surface area contributed by atoms with Gasteiger partial charge in [-0.2, -0.15) is 0 Å². The zero-order valence-corrected chi connectivity index (χ0v) is 16.0. The highest BCUT2D eigenvalue weighted by Crippen LogP contribution is 2.38. The van der Waals surface area contributed by atoms with Crippen LogP contribution < -0.4 is 10.1 Å². The van der Waals surface area contributed by atoms with Gasteiger partial charge in [-0.15, -0.1) is 0 Å². The van der Waals surface area contributed by atoms with E-state index in [1.54, 1.807) is 7.11 Å². The first-order valence-electron chi connectivity index (χ1n) is 9.39. The maximum absolute atomic E-state index is 12.9. The van der Waals surface area contributed by atoms with Gasteiger partial charge in [-0.3, -0.25) is 0 Å². The molecule has 1 atom stereocenters. The molecule has 4 rings (SSSR count). The van der Waals surface area contributed by atoms with E-state index in [0.29, 0.717) is 6.54 Å². The SMILES string of the molecule is COc1ccc([C@@H]2c3[nH]c4ccccc4c3CCN2C(=O)NC(C)C)cc1. The number of rotatable bonds is 3. The minimum Gasteiger partial charge on any atom is -0.497 e. The number of carbonyl (C=O) groups is 1. The molecule has 5 heteroatoms. The van der Waals surface area contributed by atoms with Crippen LogP contribution in [0.2, 0.25) is 0 Å². The first kappa shape index (κ1) is 17.5. The van der Waals surface area contributed by atoms with Crippen LogP contribution in [0.5, 0.6) is 5.75 Å². The number of methoxy groups -OCH3 is 1. The van der Waals surface area contributed by atoms with Crippen LogP contribution in [0.3, 0.4) is 0 Å². The molecule has 0 saturated carbocycles. The highest BCUT2D eigenvalue weighted by atomic mass is 16.5. The van der Waals surface area contributed by atoms with E-state index in [9.17, 15) is 4.79 Å². The number of benzene rings is 2. The fraction of sp³-hybridized carbons (Fsp3) is 0.318. The number of H-pyrrole nitrogens is 1. The Morgan fingerprint density at radius 2 is 1.93 bits per heavy atom. The molecule has 3 aromatic rings. The van der Waals surface area contributed by atoms with Gasteiger partial charge in [-0.1, -0.05) is 30.3 Å². The van der Waals surface area contributed by atoms with Gasteiger partial charge >= 0.3 is 6.03 Å². The van der Waals surface area contributed by atoms with Crippen LogP contribution >= 0.6 is 0 Å². The van der Waals surface area contributed by atoms with E-state index >= 15 is 0 Å². The predicted octanol–water partition coefficient (Wildman–Crippen LogP) is 4.24. The fourth-order valence-electron chi connectivity index (χ4n) is 3.92. The number of carbonyl (C=O) groups excluding carboxylic acids is 1. The van der Waals surface area contributed by atoms with E-state index in [1.807, 2.05) is 49.1 Å². The number of fused-ring (bicyclic) bond motifs is 3. The summed E-state index contributed by atoms with van der Waals surface area (Å²) in [6.07, 6.45) is 0.845. The van der Waals surface area contributed by atoms with Gasteiger partial charge in [0.25, 0.3) is 0 Å². The smallest absolute Gasteiger partial charge is 0.318 e. The molecule has 0 unspecified atom stereocenters. The Labute approximate surface area is 159 Å². The largest absolute Gasteiger partial charge is 0.497 e. The number of hydrogen-bond acceptors (Lipinski definition) is 2. The number of nitrogens with one attached hydrogen (secondary N) is 2. The molecular formula is C22H25N3O2. The van der Waals surface area contributed by atoms with Crippen molar-refractivity contribution >= 4 is 16.9 Å².